The number of nitrogens with zero attached hydrogens (tertiary/aromatic N) is 4. The van der Waals surface area contributed by atoms with Crippen LogP contribution in [0.4, 0.5) is 17.1 Å². The molecule has 7 aliphatic rings. The molecule has 0 atom stereocenters. The Morgan fingerprint density at radius 1 is 1.00 bits per heavy atom. The fraction of sp³-hybridized carbons (Fsp3) is 0.542. The molecule has 3 N–H and O–H groups in total. The highest BCUT2D eigenvalue weighted by Gasteiger charge is 2.69. The Bertz CT molecular complexity index is 2580. The number of anilines is 2. The molecule has 1 spiro atoms. The van der Waals surface area contributed by atoms with Crippen molar-refractivity contribution in [1.82, 2.24) is 19.6 Å². The number of H-pyrrole nitrogens is 1. The Hall–Kier alpha value is -4.66. The molecule has 2 bridgehead atoms. The van der Waals surface area contributed by atoms with Gasteiger partial charge in [-0.1, -0.05) is 44.3 Å². The molecule has 11 rings (SSSR count). The lowest BCUT2D eigenvalue weighted by Crippen LogP contribution is -2.65. The van der Waals surface area contributed by atoms with Crippen LogP contribution >= 0.6 is 11.6 Å². The molecule has 15 heteroatoms. The molecule has 1 amide bonds. The average Bonchev–Trinajstić information content (AvgIpc) is 3.70. The van der Waals surface area contributed by atoms with Gasteiger partial charge in [0.2, 0.25) is 0 Å². The van der Waals surface area contributed by atoms with Gasteiger partial charge in [-0.15, -0.1) is 11.6 Å². The molecule has 334 valence electrons. The van der Waals surface area contributed by atoms with Gasteiger partial charge in [0.1, 0.15) is 22.8 Å². The van der Waals surface area contributed by atoms with E-state index in [-0.39, 0.29) is 32.5 Å². The summed E-state index contributed by atoms with van der Waals surface area (Å²) in [6.07, 6.45) is 18.8. The normalized spacial score (nSPS) is 25.5. The van der Waals surface area contributed by atoms with Crippen molar-refractivity contribution < 1.29 is 22.9 Å². The number of sulfonamides is 1. The first-order valence-electron chi connectivity index (χ1n) is 22.8. The van der Waals surface area contributed by atoms with Crippen LogP contribution in [0.25, 0.3) is 11.0 Å². The van der Waals surface area contributed by atoms with Crippen LogP contribution in [0.1, 0.15) is 108 Å². The lowest BCUT2D eigenvalue weighted by Gasteiger charge is -2.70. The molecule has 0 radical (unpaired) electrons. The summed E-state index contributed by atoms with van der Waals surface area (Å²) in [5.41, 5.74) is 5.79. The average molecular weight is 897 g/mol. The molecule has 0 unspecified atom stereocenters. The minimum atomic E-state index is -4.53. The van der Waals surface area contributed by atoms with Gasteiger partial charge in [0.05, 0.1) is 21.6 Å². The number of aromatic amines is 1. The maximum Gasteiger partial charge on any atom is 0.293 e. The van der Waals surface area contributed by atoms with Crippen LogP contribution in [0, 0.1) is 32.3 Å². The minimum absolute atomic E-state index is 0.00818. The third-order valence-corrected chi connectivity index (χ3v) is 17.1. The van der Waals surface area contributed by atoms with Crippen LogP contribution in [0.5, 0.6) is 11.5 Å². The monoisotopic (exact) mass is 895 g/mol. The van der Waals surface area contributed by atoms with E-state index in [2.05, 4.69) is 43.7 Å². The summed E-state index contributed by atoms with van der Waals surface area (Å²) >= 11 is 6.75. The second-order valence-corrected chi connectivity index (χ2v) is 23.1. The Morgan fingerprint density at radius 2 is 1.76 bits per heavy atom. The van der Waals surface area contributed by atoms with E-state index >= 15 is 0 Å². The molecule has 2 aromatic carbocycles. The van der Waals surface area contributed by atoms with E-state index in [0.29, 0.717) is 40.1 Å². The van der Waals surface area contributed by atoms with E-state index in [4.69, 9.17) is 16.3 Å². The number of pyridine rings is 1. The summed E-state index contributed by atoms with van der Waals surface area (Å²) in [7, 11) is -4.53. The molecular weight excluding hydrogens is 838 g/mol. The lowest BCUT2D eigenvalue weighted by atomic mass is 9.39. The molecule has 63 heavy (non-hydrogen) atoms. The number of nitrogens with one attached hydrogen (secondary N) is 3. The molecule has 1 saturated heterocycles. The van der Waals surface area contributed by atoms with Gasteiger partial charge >= 0.3 is 0 Å². The predicted octanol–water partition coefficient (Wildman–Crippen LogP) is 9.94. The van der Waals surface area contributed by atoms with Gasteiger partial charge in [-0.2, -0.15) is 0 Å². The number of nitro benzene ring substituents is 1. The van der Waals surface area contributed by atoms with Crippen molar-refractivity contribution in [1.29, 1.82) is 0 Å². The Kier molecular flexibility index (Phi) is 10.6. The summed E-state index contributed by atoms with van der Waals surface area (Å²) in [6, 6.07) is 12.5. The van der Waals surface area contributed by atoms with Crippen molar-refractivity contribution in [2.45, 2.75) is 107 Å². The number of piperazine rings is 1. The van der Waals surface area contributed by atoms with Gasteiger partial charge in [-0.05, 0) is 123 Å². The lowest BCUT2D eigenvalue weighted by molar-refractivity contribution is -0.384. The largest absolute Gasteiger partial charge is 0.455 e. The van der Waals surface area contributed by atoms with Gasteiger partial charge in [0, 0.05) is 73.5 Å². The zero-order chi connectivity index (χ0) is 43.8. The first kappa shape index (κ1) is 42.3. The van der Waals surface area contributed by atoms with Gasteiger partial charge < -0.3 is 19.9 Å². The molecule has 13 nitrogen and oxygen atoms in total. The number of carbonyl (C=O) groups excluding carboxylic acids is 1. The van der Waals surface area contributed by atoms with Crippen LogP contribution in [0.3, 0.4) is 0 Å². The predicted molar refractivity (Wildman–Crippen MR) is 245 cm³/mol. The van der Waals surface area contributed by atoms with Crippen molar-refractivity contribution in [3.63, 3.8) is 0 Å². The molecule has 2 aromatic heterocycles. The van der Waals surface area contributed by atoms with Gasteiger partial charge in [-0.25, -0.2) is 18.1 Å². The molecule has 4 aromatic rings. The highest BCUT2D eigenvalue weighted by molar-refractivity contribution is 7.90. The van der Waals surface area contributed by atoms with E-state index < -0.39 is 20.9 Å². The number of carbonyl (C=O) groups is 1. The van der Waals surface area contributed by atoms with E-state index in [1.54, 1.807) is 41.7 Å². The number of ether oxygens (including phenoxy) is 1. The van der Waals surface area contributed by atoms with Crippen molar-refractivity contribution >= 4 is 55.6 Å². The first-order chi connectivity index (χ1) is 30.1. The van der Waals surface area contributed by atoms with Crippen LogP contribution in [0.15, 0.2) is 77.0 Å². The van der Waals surface area contributed by atoms with E-state index in [1.807, 2.05) is 12.1 Å². The van der Waals surface area contributed by atoms with E-state index in [9.17, 15) is 23.3 Å². The highest BCUT2D eigenvalue weighted by atomic mass is 35.5. The third kappa shape index (κ3) is 8.31. The number of nitro groups is 1. The molecule has 6 fully saturated rings. The molecule has 1 aliphatic heterocycles. The zero-order valence-corrected chi connectivity index (χ0v) is 37.9. The summed E-state index contributed by atoms with van der Waals surface area (Å²) in [5.74, 6) is 0.0307. The Balaban J connectivity index is 0.842. The fourth-order valence-electron chi connectivity index (χ4n) is 12.1. The minimum Gasteiger partial charge on any atom is -0.455 e. The summed E-state index contributed by atoms with van der Waals surface area (Å²) in [4.78, 5) is 37.6. The number of allylic oxidation sites excluding steroid dienone is 1. The first-order valence-corrected chi connectivity index (χ1v) is 24.7. The SMILES string of the molecule is CC1(C)CCC(CN2CCN(c3ccc(C(=O)NS(=O)(=O)c4ccc(NCC5CC6(CCCCC6)C5)c([N+](=O)[O-])c4)c(Oc4cnc5[nH]ccc5c4)c3)CC2)=C(C23CC(Cl)(C2)C3)C1. The van der Waals surface area contributed by atoms with Crippen LogP contribution < -0.4 is 19.7 Å². The van der Waals surface area contributed by atoms with Crippen molar-refractivity contribution in [3.05, 3.63) is 87.7 Å². The van der Waals surface area contributed by atoms with E-state index in [1.165, 1.54) is 50.7 Å². The maximum atomic E-state index is 14.0. The topological polar surface area (TPSA) is 163 Å². The number of hydrogen-bond acceptors (Lipinski definition) is 10. The maximum absolute atomic E-state index is 14.0. The van der Waals surface area contributed by atoms with Crippen LogP contribution in [0.2, 0.25) is 0 Å². The number of halogens is 1. The number of fused-ring (bicyclic) bond motifs is 1. The fourth-order valence-corrected chi connectivity index (χ4v) is 13.8. The van der Waals surface area contributed by atoms with Gasteiger partial charge in [-0.3, -0.25) is 19.8 Å². The molecule has 5 saturated carbocycles. The highest BCUT2D eigenvalue weighted by Crippen LogP contribution is 2.75. The number of rotatable bonds is 13. The number of aromatic nitrogens is 2. The molecular formula is C48H58ClN7O6S. The zero-order valence-electron chi connectivity index (χ0n) is 36.3. The summed E-state index contributed by atoms with van der Waals surface area (Å²) in [6.45, 7) is 9.65. The van der Waals surface area contributed by atoms with Crippen LogP contribution in [-0.2, 0) is 10.0 Å². The second kappa shape index (κ2) is 15.8. The number of alkyl halides is 1. The van der Waals surface area contributed by atoms with Gasteiger partial charge in [0.25, 0.3) is 21.6 Å². The Morgan fingerprint density at radius 3 is 2.49 bits per heavy atom. The summed E-state index contributed by atoms with van der Waals surface area (Å²) in [5, 5.41) is 16.2. The quantitative estimate of drug-likeness (QED) is 0.0510. The molecule has 3 heterocycles. The Labute approximate surface area is 374 Å². The number of amides is 1. The van der Waals surface area contributed by atoms with Crippen molar-refractivity contribution in [2.24, 2.45) is 22.2 Å². The van der Waals surface area contributed by atoms with E-state index in [0.717, 1.165) is 94.8 Å². The number of benzene rings is 2. The summed E-state index contributed by atoms with van der Waals surface area (Å²) < 4.78 is 36.0. The standard InChI is InChI=1S/C48H58ClN7O6S/c1-45(2)14-10-34(39(25-45)47-29-48(49,30-47)31-47)28-54-16-18-55(19-17-54)35-6-8-38(42(21-35)62-36-20-33-11-15-50-43(33)52-27-36)44(57)53-63(60,61)37-7-9-40(41(22-37)56(58)59)51-26-32-23-46(24-32)12-4-3-5-13-46/h6-9,11,15,20-22,27,32,51H,3-5,10,12-14,16-19,23-26,28-31H2,1-2H3,(H,50,52)(H,53,57). The second-order valence-electron chi connectivity index (χ2n) is 20.6. The molecule has 6 aliphatic carbocycles. The van der Waals surface area contributed by atoms with Crippen molar-refractivity contribution in [2.75, 3.05) is 49.5 Å². The van der Waals surface area contributed by atoms with Gasteiger partial charge in [0.15, 0.2) is 0 Å². The van der Waals surface area contributed by atoms with Crippen molar-refractivity contribution in [3.8, 4) is 11.5 Å². The smallest absolute Gasteiger partial charge is 0.293 e. The number of hydrogen-bond donors (Lipinski definition) is 3. The third-order valence-electron chi connectivity index (χ3n) is 15.4. The van der Waals surface area contributed by atoms with Crippen LogP contribution in [-0.4, -0.2) is 78.3 Å².